The standard InChI is InChI=1S/C13H11FO2S/c1-2-16-13(15)12-8-17-7-11(12)9-3-5-10(14)6-4-9/h3-8H,2H2,1H3. The number of carbonyl (C=O) groups is 1. The lowest BCUT2D eigenvalue weighted by atomic mass is 10.1. The van der Waals surface area contributed by atoms with Crippen LogP contribution in [-0.2, 0) is 4.74 Å². The number of rotatable bonds is 3. The Morgan fingerprint density at radius 2 is 2.00 bits per heavy atom. The zero-order valence-corrected chi connectivity index (χ0v) is 10.1. The molecular weight excluding hydrogens is 239 g/mol. The average molecular weight is 250 g/mol. The Bertz CT molecular complexity index is 516. The summed E-state index contributed by atoms with van der Waals surface area (Å²) in [6, 6.07) is 6.06. The molecule has 2 aromatic rings. The van der Waals surface area contributed by atoms with Crippen molar-refractivity contribution in [2.24, 2.45) is 0 Å². The maximum atomic E-state index is 12.8. The molecule has 0 N–H and O–H groups in total. The van der Waals surface area contributed by atoms with Gasteiger partial charge in [-0.15, -0.1) is 0 Å². The molecule has 0 spiro atoms. The fourth-order valence-corrected chi connectivity index (χ4v) is 2.34. The second-order valence-corrected chi connectivity index (χ2v) is 4.17. The molecule has 0 unspecified atom stereocenters. The normalized spacial score (nSPS) is 10.2. The smallest absolute Gasteiger partial charge is 0.339 e. The Hall–Kier alpha value is -1.68. The summed E-state index contributed by atoms with van der Waals surface area (Å²) in [5.41, 5.74) is 2.13. The van der Waals surface area contributed by atoms with E-state index in [-0.39, 0.29) is 11.8 Å². The zero-order valence-electron chi connectivity index (χ0n) is 9.27. The zero-order chi connectivity index (χ0) is 12.3. The van der Waals surface area contributed by atoms with E-state index in [2.05, 4.69) is 0 Å². The van der Waals surface area contributed by atoms with Crippen molar-refractivity contribution in [1.82, 2.24) is 0 Å². The summed E-state index contributed by atoms with van der Waals surface area (Å²) in [4.78, 5) is 11.7. The Kier molecular flexibility index (Phi) is 3.54. The molecule has 0 saturated heterocycles. The van der Waals surface area contributed by atoms with E-state index >= 15 is 0 Å². The fourth-order valence-electron chi connectivity index (χ4n) is 1.52. The molecule has 0 aliphatic rings. The average Bonchev–Trinajstić information content (AvgIpc) is 2.79. The first kappa shape index (κ1) is 11.8. The summed E-state index contributed by atoms with van der Waals surface area (Å²) in [6.07, 6.45) is 0. The Balaban J connectivity index is 2.36. The molecular formula is C13H11FO2S. The predicted molar refractivity (Wildman–Crippen MR) is 65.7 cm³/mol. The van der Waals surface area contributed by atoms with Crippen LogP contribution >= 0.6 is 11.3 Å². The van der Waals surface area contributed by atoms with Crippen LogP contribution in [0.1, 0.15) is 17.3 Å². The van der Waals surface area contributed by atoms with Crippen LogP contribution in [0.25, 0.3) is 11.1 Å². The highest BCUT2D eigenvalue weighted by Crippen LogP contribution is 2.28. The summed E-state index contributed by atoms with van der Waals surface area (Å²) in [7, 11) is 0. The third-order valence-electron chi connectivity index (χ3n) is 2.31. The van der Waals surface area contributed by atoms with E-state index in [1.54, 1.807) is 24.4 Å². The number of carbonyl (C=O) groups excluding carboxylic acids is 1. The van der Waals surface area contributed by atoms with Crippen LogP contribution in [0, 0.1) is 5.82 Å². The van der Waals surface area contributed by atoms with E-state index in [0.717, 1.165) is 11.1 Å². The Labute approximate surface area is 103 Å². The lowest BCUT2D eigenvalue weighted by Gasteiger charge is -2.04. The number of halogens is 1. The maximum absolute atomic E-state index is 12.8. The van der Waals surface area contributed by atoms with Gasteiger partial charge in [-0.3, -0.25) is 0 Å². The van der Waals surface area contributed by atoms with Crippen molar-refractivity contribution in [1.29, 1.82) is 0 Å². The van der Waals surface area contributed by atoms with Gasteiger partial charge in [-0.05, 0) is 30.0 Å². The number of hydrogen-bond donors (Lipinski definition) is 0. The van der Waals surface area contributed by atoms with Crippen LogP contribution < -0.4 is 0 Å². The second-order valence-electron chi connectivity index (χ2n) is 3.43. The quantitative estimate of drug-likeness (QED) is 0.776. The van der Waals surface area contributed by atoms with Crippen molar-refractivity contribution in [2.45, 2.75) is 6.92 Å². The van der Waals surface area contributed by atoms with Gasteiger partial charge in [0.1, 0.15) is 5.82 Å². The van der Waals surface area contributed by atoms with Gasteiger partial charge in [-0.1, -0.05) is 12.1 Å². The van der Waals surface area contributed by atoms with Gasteiger partial charge in [-0.2, -0.15) is 11.3 Å². The molecule has 0 aliphatic heterocycles. The van der Waals surface area contributed by atoms with Crippen LogP contribution in [-0.4, -0.2) is 12.6 Å². The molecule has 0 bridgehead atoms. The lowest BCUT2D eigenvalue weighted by Crippen LogP contribution is -2.04. The number of ether oxygens (including phenoxy) is 1. The summed E-state index contributed by atoms with van der Waals surface area (Å²) in [6.45, 7) is 2.11. The third kappa shape index (κ3) is 2.53. The van der Waals surface area contributed by atoms with Gasteiger partial charge >= 0.3 is 5.97 Å². The first-order chi connectivity index (χ1) is 8.22. The van der Waals surface area contributed by atoms with E-state index in [9.17, 15) is 9.18 Å². The van der Waals surface area contributed by atoms with E-state index < -0.39 is 0 Å². The molecule has 1 heterocycles. The Morgan fingerprint density at radius 1 is 1.29 bits per heavy atom. The minimum atomic E-state index is -0.340. The second kappa shape index (κ2) is 5.10. The molecule has 17 heavy (non-hydrogen) atoms. The van der Waals surface area contributed by atoms with Crippen LogP contribution in [0.2, 0.25) is 0 Å². The fraction of sp³-hybridized carbons (Fsp3) is 0.154. The molecule has 0 atom stereocenters. The summed E-state index contributed by atoms with van der Waals surface area (Å²) < 4.78 is 17.8. The monoisotopic (exact) mass is 250 g/mol. The summed E-state index contributed by atoms with van der Waals surface area (Å²) >= 11 is 1.42. The topological polar surface area (TPSA) is 26.3 Å². The largest absolute Gasteiger partial charge is 0.462 e. The van der Waals surface area contributed by atoms with Crippen molar-refractivity contribution in [2.75, 3.05) is 6.61 Å². The van der Waals surface area contributed by atoms with E-state index in [1.165, 1.54) is 23.5 Å². The van der Waals surface area contributed by atoms with Crippen LogP contribution in [0.3, 0.4) is 0 Å². The van der Waals surface area contributed by atoms with E-state index in [0.29, 0.717) is 12.2 Å². The molecule has 88 valence electrons. The molecule has 2 rings (SSSR count). The number of thiophene rings is 1. The first-order valence-corrected chi connectivity index (χ1v) is 6.16. The van der Waals surface area contributed by atoms with Gasteiger partial charge in [-0.25, -0.2) is 9.18 Å². The molecule has 1 aromatic heterocycles. The minimum absolute atomic E-state index is 0.290. The van der Waals surface area contributed by atoms with Gasteiger partial charge in [0, 0.05) is 10.9 Å². The van der Waals surface area contributed by atoms with Crippen molar-refractivity contribution in [3.63, 3.8) is 0 Å². The molecule has 0 aliphatic carbocycles. The molecule has 0 saturated carbocycles. The van der Waals surface area contributed by atoms with Crippen molar-refractivity contribution >= 4 is 17.3 Å². The maximum Gasteiger partial charge on any atom is 0.339 e. The molecule has 1 aromatic carbocycles. The molecule has 0 fully saturated rings. The van der Waals surface area contributed by atoms with Crippen molar-refractivity contribution in [3.8, 4) is 11.1 Å². The van der Waals surface area contributed by atoms with Gasteiger partial charge in [0.15, 0.2) is 0 Å². The minimum Gasteiger partial charge on any atom is -0.462 e. The number of hydrogen-bond acceptors (Lipinski definition) is 3. The highest BCUT2D eigenvalue weighted by molar-refractivity contribution is 7.08. The highest BCUT2D eigenvalue weighted by Gasteiger charge is 2.14. The van der Waals surface area contributed by atoms with Gasteiger partial charge in [0.2, 0.25) is 0 Å². The molecule has 0 radical (unpaired) electrons. The number of benzene rings is 1. The van der Waals surface area contributed by atoms with Crippen molar-refractivity contribution < 1.29 is 13.9 Å². The van der Waals surface area contributed by atoms with E-state index in [1.807, 2.05) is 5.38 Å². The SMILES string of the molecule is CCOC(=O)c1cscc1-c1ccc(F)cc1. The van der Waals surface area contributed by atoms with Crippen LogP contribution in [0.4, 0.5) is 4.39 Å². The summed E-state index contributed by atoms with van der Waals surface area (Å²) in [5, 5.41) is 3.61. The lowest BCUT2D eigenvalue weighted by molar-refractivity contribution is 0.0528. The van der Waals surface area contributed by atoms with Crippen LogP contribution in [0.15, 0.2) is 35.0 Å². The van der Waals surface area contributed by atoms with Gasteiger partial charge in [0.25, 0.3) is 0 Å². The van der Waals surface area contributed by atoms with Gasteiger partial charge in [0.05, 0.1) is 12.2 Å². The Morgan fingerprint density at radius 3 is 2.65 bits per heavy atom. The predicted octanol–water partition coefficient (Wildman–Crippen LogP) is 3.73. The van der Waals surface area contributed by atoms with Crippen LogP contribution in [0.5, 0.6) is 0 Å². The van der Waals surface area contributed by atoms with Gasteiger partial charge < -0.3 is 4.74 Å². The molecule has 0 amide bonds. The van der Waals surface area contributed by atoms with E-state index in [4.69, 9.17) is 4.74 Å². The first-order valence-electron chi connectivity index (χ1n) is 5.21. The highest BCUT2D eigenvalue weighted by atomic mass is 32.1. The summed E-state index contributed by atoms with van der Waals surface area (Å²) in [5.74, 6) is -0.630. The third-order valence-corrected chi connectivity index (χ3v) is 3.06. The number of esters is 1. The molecule has 4 heteroatoms. The van der Waals surface area contributed by atoms with Crippen molar-refractivity contribution in [3.05, 3.63) is 46.4 Å². The molecule has 2 nitrogen and oxygen atoms in total.